The van der Waals surface area contributed by atoms with E-state index in [1.54, 1.807) is 0 Å². The Hall–Kier alpha value is -1.10. The van der Waals surface area contributed by atoms with Crippen molar-refractivity contribution in [3.05, 3.63) is 29.3 Å². The molecule has 1 aromatic rings. The van der Waals surface area contributed by atoms with E-state index in [2.05, 4.69) is 0 Å². The molecule has 0 radical (unpaired) electrons. The van der Waals surface area contributed by atoms with Gasteiger partial charge >= 0.3 is 5.97 Å². The summed E-state index contributed by atoms with van der Waals surface area (Å²) in [7, 11) is 0. The molecule has 0 aromatic heterocycles. The van der Waals surface area contributed by atoms with Crippen LogP contribution in [-0.2, 0) is 0 Å². The highest BCUT2D eigenvalue weighted by molar-refractivity contribution is 8.00. The van der Waals surface area contributed by atoms with E-state index in [4.69, 9.17) is 5.11 Å². The number of benzene rings is 1. The lowest BCUT2D eigenvalue weighted by Gasteiger charge is -2.21. The summed E-state index contributed by atoms with van der Waals surface area (Å²) in [4.78, 5) is 10.6. The molecule has 0 saturated heterocycles. The Bertz CT molecular complexity index is 433. The molecule has 0 bridgehead atoms. The summed E-state index contributed by atoms with van der Waals surface area (Å²) in [6.45, 7) is 0. The first-order valence-electron chi connectivity index (χ1n) is 5.97. The molecule has 1 aliphatic rings. The fraction of sp³-hybridized carbons (Fsp3) is 0.462. The van der Waals surface area contributed by atoms with Crippen molar-refractivity contribution in [1.82, 2.24) is 0 Å². The highest BCUT2D eigenvalue weighted by Gasteiger charge is 2.20. The lowest BCUT2D eigenvalue weighted by Crippen LogP contribution is -2.09. The van der Waals surface area contributed by atoms with Crippen molar-refractivity contribution in [1.29, 1.82) is 0 Å². The summed E-state index contributed by atoms with van der Waals surface area (Å²) in [5.74, 6) is -2.87. The van der Waals surface area contributed by atoms with Gasteiger partial charge in [-0.25, -0.2) is 13.6 Å². The monoisotopic (exact) mass is 272 g/mol. The Kier molecular flexibility index (Phi) is 4.22. The fourth-order valence-electron chi connectivity index (χ4n) is 2.15. The molecular formula is C13H14F2O2S. The molecule has 5 heteroatoms. The quantitative estimate of drug-likeness (QED) is 0.900. The van der Waals surface area contributed by atoms with Crippen LogP contribution in [0.25, 0.3) is 0 Å². The second-order valence-electron chi connectivity index (χ2n) is 4.45. The van der Waals surface area contributed by atoms with Crippen LogP contribution in [0.2, 0.25) is 0 Å². The smallest absolute Gasteiger partial charge is 0.335 e. The molecule has 1 N–H and O–H groups in total. The minimum Gasteiger partial charge on any atom is -0.478 e. The number of aromatic carboxylic acids is 1. The maximum Gasteiger partial charge on any atom is 0.335 e. The summed E-state index contributed by atoms with van der Waals surface area (Å²) in [5.41, 5.74) is -0.349. The Morgan fingerprint density at radius 1 is 1.17 bits per heavy atom. The van der Waals surface area contributed by atoms with Gasteiger partial charge in [0.25, 0.3) is 0 Å². The molecule has 0 amide bonds. The number of hydrogen-bond donors (Lipinski definition) is 1. The van der Waals surface area contributed by atoms with Crippen LogP contribution in [0.4, 0.5) is 8.78 Å². The van der Waals surface area contributed by atoms with Gasteiger partial charge in [-0.15, -0.1) is 11.8 Å². The van der Waals surface area contributed by atoms with Crippen LogP contribution in [0, 0.1) is 11.6 Å². The number of rotatable bonds is 3. The number of hydrogen-bond acceptors (Lipinski definition) is 2. The summed E-state index contributed by atoms with van der Waals surface area (Å²) in [6, 6.07) is 1.77. The van der Waals surface area contributed by atoms with Gasteiger partial charge in [-0.05, 0) is 25.0 Å². The van der Waals surface area contributed by atoms with E-state index in [0.29, 0.717) is 0 Å². The highest BCUT2D eigenvalue weighted by atomic mass is 32.2. The third-order valence-electron chi connectivity index (χ3n) is 3.08. The van der Waals surface area contributed by atoms with Gasteiger partial charge in [0.2, 0.25) is 0 Å². The van der Waals surface area contributed by atoms with E-state index in [-0.39, 0.29) is 15.7 Å². The number of carboxylic acid groups (broad SMARTS) is 1. The molecular weight excluding hydrogens is 258 g/mol. The zero-order valence-electron chi connectivity index (χ0n) is 9.79. The van der Waals surface area contributed by atoms with Crippen LogP contribution in [0.3, 0.4) is 0 Å². The van der Waals surface area contributed by atoms with Crippen molar-refractivity contribution in [2.45, 2.75) is 42.2 Å². The molecule has 1 saturated carbocycles. The number of thioether (sulfide) groups is 1. The zero-order chi connectivity index (χ0) is 13.1. The van der Waals surface area contributed by atoms with E-state index in [0.717, 1.165) is 37.8 Å². The van der Waals surface area contributed by atoms with Crippen molar-refractivity contribution in [3.8, 4) is 0 Å². The molecule has 0 spiro atoms. The van der Waals surface area contributed by atoms with Gasteiger partial charge in [0, 0.05) is 5.25 Å². The Labute approximate surface area is 108 Å². The zero-order valence-corrected chi connectivity index (χ0v) is 10.6. The van der Waals surface area contributed by atoms with Crippen LogP contribution in [-0.4, -0.2) is 16.3 Å². The lowest BCUT2D eigenvalue weighted by atomic mass is 10.0. The summed E-state index contributed by atoms with van der Waals surface area (Å²) < 4.78 is 27.4. The van der Waals surface area contributed by atoms with Gasteiger partial charge < -0.3 is 5.11 Å². The Morgan fingerprint density at radius 3 is 2.22 bits per heavy atom. The summed E-state index contributed by atoms with van der Waals surface area (Å²) in [5, 5.41) is 8.94. The van der Waals surface area contributed by atoms with Gasteiger partial charge in [-0.2, -0.15) is 0 Å². The molecule has 1 fully saturated rings. The van der Waals surface area contributed by atoms with Gasteiger partial charge in [0.1, 0.15) is 11.6 Å². The van der Waals surface area contributed by atoms with Crippen molar-refractivity contribution in [2.75, 3.05) is 0 Å². The third kappa shape index (κ3) is 3.02. The van der Waals surface area contributed by atoms with Crippen molar-refractivity contribution >= 4 is 17.7 Å². The highest BCUT2D eigenvalue weighted by Crippen LogP contribution is 2.36. The summed E-state index contributed by atoms with van der Waals surface area (Å²) >= 11 is 1.20. The number of carboxylic acids is 1. The predicted molar refractivity (Wildman–Crippen MR) is 66.0 cm³/mol. The standard InChI is InChI=1S/C13H14F2O2S/c14-10-6-8(13(16)17)7-11(15)12(10)18-9-4-2-1-3-5-9/h6-7,9H,1-5H2,(H,16,17). The average molecular weight is 272 g/mol. The van der Waals surface area contributed by atoms with Crippen LogP contribution in [0.15, 0.2) is 17.0 Å². The molecule has 0 atom stereocenters. The second-order valence-corrected chi connectivity index (χ2v) is 5.76. The average Bonchev–Trinajstić information content (AvgIpc) is 2.34. The molecule has 2 nitrogen and oxygen atoms in total. The van der Waals surface area contributed by atoms with Crippen molar-refractivity contribution < 1.29 is 18.7 Å². The first-order chi connectivity index (χ1) is 8.58. The molecule has 0 unspecified atom stereocenters. The van der Waals surface area contributed by atoms with Crippen molar-refractivity contribution in [3.63, 3.8) is 0 Å². The SMILES string of the molecule is O=C(O)c1cc(F)c(SC2CCCCC2)c(F)c1. The molecule has 18 heavy (non-hydrogen) atoms. The van der Waals surface area contributed by atoms with Crippen LogP contribution >= 0.6 is 11.8 Å². The molecule has 1 aliphatic carbocycles. The molecule has 98 valence electrons. The topological polar surface area (TPSA) is 37.3 Å². The van der Waals surface area contributed by atoms with Gasteiger partial charge in [0.15, 0.2) is 0 Å². The predicted octanol–water partition coefficient (Wildman–Crippen LogP) is 4.09. The van der Waals surface area contributed by atoms with Crippen LogP contribution in [0.1, 0.15) is 42.5 Å². The first-order valence-corrected chi connectivity index (χ1v) is 6.85. The minimum atomic E-state index is -1.32. The molecule has 0 aliphatic heterocycles. The minimum absolute atomic E-state index is 0.0492. The summed E-state index contributed by atoms with van der Waals surface area (Å²) in [6.07, 6.45) is 5.29. The van der Waals surface area contributed by atoms with E-state index in [1.807, 2.05) is 0 Å². The van der Waals surface area contributed by atoms with Crippen molar-refractivity contribution in [2.24, 2.45) is 0 Å². The maximum absolute atomic E-state index is 13.7. The van der Waals surface area contributed by atoms with Gasteiger partial charge in [0.05, 0.1) is 10.5 Å². The second kappa shape index (κ2) is 5.69. The lowest BCUT2D eigenvalue weighted by molar-refractivity contribution is 0.0695. The molecule has 2 rings (SSSR count). The maximum atomic E-state index is 13.7. The molecule has 0 heterocycles. The fourth-order valence-corrected chi connectivity index (χ4v) is 3.39. The number of halogens is 2. The van der Waals surface area contributed by atoms with E-state index in [1.165, 1.54) is 18.2 Å². The van der Waals surface area contributed by atoms with E-state index >= 15 is 0 Å². The number of carbonyl (C=O) groups is 1. The van der Waals surface area contributed by atoms with Crippen LogP contribution in [0.5, 0.6) is 0 Å². The third-order valence-corrected chi connectivity index (χ3v) is 4.51. The Balaban J connectivity index is 2.19. The molecule has 1 aromatic carbocycles. The first kappa shape index (κ1) is 13.3. The van der Waals surface area contributed by atoms with Crippen LogP contribution < -0.4 is 0 Å². The largest absolute Gasteiger partial charge is 0.478 e. The van der Waals surface area contributed by atoms with E-state index in [9.17, 15) is 13.6 Å². The van der Waals surface area contributed by atoms with Gasteiger partial charge in [-0.3, -0.25) is 0 Å². The Morgan fingerprint density at radius 2 is 1.72 bits per heavy atom. The normalized spacial score (nSPS) is 16.8. The van der Waals surface area contributed by atoms with E-state index < -0.39 is 17.6 Å². The van der Waals surface area contributed by atoms with Gasteiger partial charge in [-0.1, -0.05) is 19.3 Å².